The highest BCUT2D eigenvalue weighted by atomic mass is 32.1. The quantitative estimate of drug-likeness (QED) is 0.128. The van der Waals surface area contributed by atoms with Gasteiger partial charge in [-0.1, -0.05) is 24.3 Å². The number of carbonyl (C=O) groups is 2. The number of hydrogen-bond donors (Lipinski definition) is 0. The zero-order valence-electron chi connectivity index (χ0n) is 30.6. The zero-order valence-corrected chi connectivity index (χ0v) is 37.1. The first kappa shape index (κ1) is 37.5. The Morgan fingerprint density at radius 1 is 0.414 bits per heavy atom. The molecule has 1 aromatic carbocycles. The van der Waals surface area contributed by atoms with Crippen molar-refractivity contribution in [2.75, 3.05) is 14.2 Å². The summed E-state index contributed by atoms with van der Waals surface area (Å²) in [6.07, 6.45) is 0. The van der Waals surface area contributed by atoms with E-state index in [1.165, 1.54) is 53.2 Å². The van der Waals surface area contributed by atoms with E-state index in [-0.39, 0.29) is 11.1 Å². The third-order valence-electron chi connectivity index (χ3n) is 9.72. The molecule has 0 saturated carbocycles. The number of allylic oxidation sites excluding steroid dienone is 2. The fraction of sp³-hybridized carbons (Fsp3) is 0.0435. The van der Waals surface area contributed by atoms with Crippen LogP contribution < -0.4 is 0 Å². The van der Waals surface area contributed by atoms with Gasteiger partial charge in [-0.15, -0.1) is 90.7 Å². The maximum absolute atomic E-state index is 13.7. The summed E-state index contributed by atoms with van der Waals surface area (Å²) >= 11 is 13.9. The smallest absolute Gasteiger partial charge is 0.338 e. The maximum atomic E-state index is 13.7. The van der Waals surface area contributed by atoms with Gasteiger partial charge in [-0.25, -0.2) is 9.59 Å². The first-order chi connectivity index (χ1) is 28.5. The minimum Gasteiger partial charge on any atom is -0.465 e. The highest BCUT2D eigenvalue weighted by molar-refractivity contribution is 7.25. The van der Waals surface area contributed by atoms with Gasteiger partial charge >= 0.3 is 11.9 Å². The molecule has 8 aromatic heterocycles. The van der Waals surface area contributed by atoms with Gasteiger partial charge in [-0.2, -0.15) is 0 Å². The van der Waals surface area contributed by atoms with Crippen molar-refractivity contribution in [2.45, 2.75) is 0 Å². The summed E-state index contributed by atoms with van der Waals surface area (Å²) in [6, 6.07) is 38.4. The van der Waals surface area contributed by atoms with E-state index in [0.717, 1.165) is 52.9 Å². The Kier molecular flexibility index (Phi) is 10.2. The summed E-state index contributed by atoms with van der Waals surface area (Å²) in [7, 11) is 2.69. The van der Waals surface area contributed by atoms with Crippen LogP contribution in [0.15, 0.2) is 131 Å². The lowest BCUT2D eigenvalue weighted by Gasteiger charge is -2.15. The van der Waals surface area contributed by atoms with Crippen LogP contribution in [0.5, 0.6) is 0 Å². The van der Waals surface area contributed by atoms with E-state index >= 15 is 0 Å². The third-order valence-corrected chi connectivity index (χ3v) is 18.4. The van der Waals surface area contributed by atoms with Crippen LogP contribution >= 0.6 is 90.7 Å². The Morgan fingerprint density at radius 2 is 0.793 bits per heavy atom. The van der Waals surface area contributed by atoms with E-state index in [1.807, 2.05) is 12.1 Å². The summed E-state index contributed by atoms with van der Waals surface area (Å²) in [6.45, 7) is 0. The summed E-state index contributed by atoms with van der Waals surface area (Å²) < 4.78 is 10.6. The van der Waals surface area contributed by atoms with E-state index in [2.05, 4.69) is 119 Å². The van der Waals surface area contributed by atoms with Crippen molar-refractivity contribution in [3.8, 4) is 39.0 Å². The molecular formula is C46H28O4S8. The molecule has 0 fully saturated rings. The van der Waals surface area contributed by atoms with Gasteiger partial charge in [-0.05, 0) is 118 Å². The monoisotopic (exact) mass is 900 g/mol. The second-order valence-electron chi connectivity index (χ2n) is 13.0. The standard InChI is InChI=1S/C46H28O4S8/c1-49-45(47)27-23-25-26(24-28(27)46(48)50-2)42(43(38-16-12-34(56-38)30-8-4-20-52-30)39-17-13-35(57-39)31-9-5-21-53-31)44(40-18-14-36(58-40)32-10-6-22-54-32)41(25)37-15-11-33(55-37)29-7-3-19-51-29/h3-24H,1-2H3. The minimum atomic E-state index is -0.599. The maximum Gasteiger partial charge on any atom is 0.338 e. The largest absolute Gasteiger partial charge is 0.465 e. The van der Waals surface area contributed by atoms with Crippen LogP contribution in [0.25, 0.3) is 61.3 Å². The normalized spacial score (nSPS) is 12.3. The molecule has 0 N–H and O–H groups in total. The molecule has 1 aliphatic carbocycles. The number of thiophene rings is 8. The number of rotatable bonds is 10. The molecule has 1 aliphatic rings. The van der Waals surface area contributed by atoms with Crippen molar-refractivity contribution in [2.24, 2.45) is 0 Å². The van der Waals surface area contributed by atoms with Crippen molar-refractivity contribution in [3.05, 3.63) is 172 Å². The van der Waals surface area contributed by atoms with E-state index in [1.54, 1.807) is 90.7 Å². The highest BCUT2D eigenvalue weighted by Gasteiger charge is 2.37. The van der Waals surface area contributed by atoms with Gasteiger partial charge in [0, 0.05) is 80.8 Å². The van der Waals surface area contributed by atoms with Crippen LogP contribution in [-0.4, -0.2) is 26.2 Å². The van der Waals surface area contributed by atoms with Crippen LogP contribution in [0.1, 0.15) is 51.4 Å². The summed E-state index contributed by atoms with van der Waals surface area (Å²) in [4.78, 5) is 41.2. The van der Waals surface area contributed by atoms with Crippen molar-refractivity contribution in [1.29, 1.82) is 0 Å². The topological polar surface area (TPSA) is 52.6 Å². The first-order valence-corrected chi connectivity index (χ1v) is 24.7. The highest BCUT2D eigenvalue weighted by Crippen LogP contribution is 2.58. The Bertz CT molecular complexity index is 2920. The molecule has 12 heteroatoms. The summed E-state index contributed by atoms with van der Waals surface area (Å²) in [5.41, 5.74) is 6.23. The molecule has 0 spiro atoms. The number of ether oxygens (including phenoxy) is 2. The van der Waals surface area contributed by atoms with Crippen molar-refractivity contribution < 1.29 is 19.1 Å². The molecular weight excluding hydrogens is 873 g/mol. The lowest BCUT2D eigenvalue weighted by atomic mass is 9.91. The van der Waals surface area contributed by atoms with Gasteiger partial charge in [0.2, 0.25) is 0 Å². The van der Waals surface area contributed by atoms with Gasteiger partial charge in [0.25, 0.3) is 0 Å². The molecule has 9 aromatic rings. The predicted octanol–water partition coefficient (Wildman–Crippen LogP) is 15.4. The van der Waals surface area contributed by atoms with Gasteiger partial charge in [-0.3, -0.25) is 0 Å². The molecule has 0 aliphatic heterocycles. The van der Waals surface area contributed by atoms with Crippen LogP contribution in [0.3, 0.4) is 0 Å². The second-order valence-corrected chi connectivity index (χ2v) is 21.1. The molecule has 284 valence electrons. The Hall–Kier alpha value is -4.76. The summed E-state index contributed by atoms with van der Waals surface area (Å²) in [5.74, 6) is -1.19. The number of esters is 2. The average Bonchev–Trinajstić information content (AvgIpc) is 4.10. The van der Waals surface area contributed by atoms with E-state index in [4.69, 9.17) is 9.47 Å². The molecule has 0 unspecified atom stereocenters. The zero-order chi connectivity index (χ0) is 39.3. The number of methoxy groups -OCH3 is 2. The Morgan fingerprint density at radius 3 is 1.21 bits per heavy atom. The molecule has 4 nitrogen and oxygen atoms in total. The van der Waals surface area contributed by atoms with Crippen LogP contribution in [0, 0.1) is 0 Å². The molecule has 8 heterocycles. The number of carbonyl (C=O) groups excluding carboxylic acids is 2. The second kappa shape index (κ2) is 15.8. The van der Waals surface area contributed by atoms with E-state index in [0.29, 0.717) is 0 Å². The fourth-order valence-electron chi connectivity index (χ4n) is 7.19. The van der Waals surface area contributed by atoms with Crippen molar-refractivity contribution in [1.82, 2.24) is 0 Å². The average molecular weight is 901 g/mol. The van der Waals surface area contributed by atoms with Gasteiger partial charge < -0.3 is 9.47 Å². The van der Waals surface area contributed by atoms with Gasteiger partial charge in [0.1, 0.15) is 0 Å². The van der Waals surface area contributed by atoms with E-state index < -0.39 is 11.9 Å². The van der Waals surface area contributed by atoms with Gasteiger partial charge in [0.05, 0.1) is 25.3 Å². The summed E-state index contributed by atoms with van der Waals surface area (Å²) in [5, 5.41) is 8.44. The van der Waals surface area contributed by atoms with Crippen molar-refractivity contribution >= 4 is 125 Å². The fourth-order valence-corrected chi connectivity index (χ4v) is 14.9. The lowest BCUT2D eigenvalue weighted by molar-refractivity contribution is 0.0555. The molecule has 0 saturated heterocycles. The van der Waals surface area contributed by atoms with Crippen LogP contribution in [-0.2, 0) is 9.47 Å². The SMILES string of the molecule is COC(=O)c1cc2c(cc1C(=O)OC)C(c1ccc(-c3cccs3)s1)=C(c1ccc(-c3cccs3)s1)C2=C(c1ccc(-c2cccs2)s1)c1ccc(-c2cccs2)s1. The number of benzene rings is 1. The van der Waals surface area contributed by atoms with E-state index in [9.17, 15) is 9.59 Å². The minimum absolute atomic E-state index is 0.164. The predicted molar refractivity (Wildman–Crippen MR) is 251 cm³/mol. The van der Waals surface area contributed by atoms with Crippen LogP contribution in [0.2, 0.25) is 0 Å². The Labute approximate surface area is 366 Å². The molecule has 0 amide bonds. The number of hydrogen-bond acceptors (Lipinski definition) is 12. The van der Waals surface area contributed by atoms with Crippen molar-refractivity contribution in [3.63, 3.8) is 0 Å². The molecule has 0 radical (unpaired) electrons. The molecule has 58 heavy (non-hydrogen) atoms. The molecule has 10 rings (SSSR count). The lowest BCUT2D eigenvalue weighted by Crippen LogP contribution is -2.13. The molecule has 0 atom stereocenters. The number of fused-ring (bicyclic) bond motifs is 1. The molecule has 0 bridgehead atoms. The Balaban J connectivity index is 1.34. The third kappa shape index (κ3) is 6.67. The first-order valence-electron chi connectivity index (χ1n) is 17.9. The van der Waals surface area contributed by atoms with Crippen LogP contribution in [0.4, 0.5) is 0 Å². The van der Waals surface area contributed by atoms with Gasteiger partial charge in [0.15, 0.2) is 0 Å².